The van der Waals surface area contributed by atoms with Crippen molar-refractivity contribution in [3.63, 3.8) is 0 Å². The van der Waals surface area contributed by atoms with Crippen LogP contribution in [-0.2, 0) is 11.3 Å². The molecule has 7 heteroatoms. The highest BCUT2D eigenvalue weighted by Crippen LogP contribution is 2.26. The van der Waals surface area contributed by atoms with Gasteiger partial charge >= 0.3 is 6.03 Å². The fourth-order valence-electron chi connectivity index (χ4n) is 2.94. The number of ether oxygens (including phenoxy) is 1. The van der Waals surface area contributed by atoms with E-state index in [1.54, 1.807) is 16.2 Å². The van der Waals surface area contributed by atoms with Gasteiger partial charge in [0.25, 0.3) is 0 Å². The first kappa shape index (κ1) is 18.3. The third-order valence-electron chi connectivity index (χ3n) is 4.22. The second kappa shape index (κ2) is 8.71. The lowest BCUT2D eigenvalue weighted by molar-refractivity contribution is -0.117. The maximum Gasteiger partial charge on any atom is 0.315 e. The summed E-state index contributed by atoms with van der Waals surface area (Å²) < 4.78 is 5.43. The number of anilines is 1. The molecule has 1 aliphatic heterocycles. The van der Waals surface area contributed by atoms with E-state index in [0.717, 1.165) is 16.3 Å². The van der Waals surface area contributed by atoms with E-state index in [0.29, 0.717) is 32.7 Å². The highest BCUT2D eigenvalue weighted by Gasteiger charge is 2.30. The van der Waals surface area contributed by atoms with Crippen molar-refractivity contribution in [2.45, 2.75) is 19.9 Å². The van der Waals surface area contributed by atoms with E-state index < -0.39 is 0 Å². The molecule has 6 nitrogen and oxygen atoms in total. The molecule has 1 atom stereocenters. The minimum atomic E-state index is -0.203. The molecule has 0 saturated carbocycles. The molecule has 3 amide bonds. The minimum absolute atomic E-state index is 0.0833. The summed E-state index contributed by atoms with van der Waals surface area (Å²) in [5, 5.41) is 7.67. The Kier molecular flexibility index (Phi) is 6.12. The van der Waals surface area contributed by atoms with Gasteiger partial charge in [0, 0.05) is 36.0 Å². The largest absolute Gasteiger partial charge is 0.494 e. The average molecular weight is 373 g/mol. The van der Waals surface area contributed by atoms with Gasteiger partial charge in [0.05, 0.1) is 13.2 Å². The van der Waals surface area contributed by atoms with E-state index in [2.05, 4.69) is 10.6 Å². The fourth-order valence-corrected chi connectivity index (χ4v) is 3.58. The molecule has 2 aromatic rings. The number of rotatable bonds is 7. The van der Waals surface area contributed by atoms with Crippen LogP contribution in [0.4, 0.5) is 10.5 Å². The number of amides is 3. The SMILES string of the molecule is CCOc1ccc(N2CC(CNC(=O)NCc3cccs3)CC2=O)cc1. The van der Waals surface area contributed by atoms with Gasteiger partial charge in [0.1, 0.15) is 5.75 Å². The lowest BCUT2D eigenvalue weighted by atomic mass is 10.1. The van der Waals surface area contributed by atoms with E-state index >= 15 is 0 Å². The lowest BCUT2D eigenvalue weighted by Crippen LogP contribution is -2.38. The number of hydrogen-bond donors (Lipinski definition) is 2. The summed E-state index contributed by atoms with van der Waals surface area (Å²) in [6.07, 6.45) is 0.443. The second-order valence-electron chi connectivity index (χ2n) is 6.14. The standard InChI is InChI=1S/C19H23N3O3S/c1-2-25-16-7-5-15(6-8-16)22-13-14(10-18(22)23)11-20-19(24)21-12-17-4-3-9-26-17/h3-9,14H,2,10-13H2,1H3,(H2,20,21,24). The molecule has 1 aromatic heterocycles. The number of nitrogens with one attached hydrogen (secondary N) is 2. The molecule has 1 aliphatic rings. The van der Waals surface area contributed by atoms with E-state index in [1.807, 2.05) is 48.7 Å². The smallest absolute Gasteiger partial charge is 0.315 e. The molecule has 1 aromatic carbocycles. The van der Waals surface area contributed by atoms with E-state index in [1.165, 1.54) is 0 Å². The second-order valence-corrected chi connectivity index (χ2v) is 7.18. The molecular formula is C19H23N3O3S. The Bertz CT molecular complexity index is 731. The third-order valence-corrected chi connectivity index (χ3v) is 5.10. The molecule has 3 rings (SSSR count). The van der Waals surface area contributed by atoms with Crippen LogP contribution in [0.1, 0.15) is 18.2 Å². The first-order valence-electron chi connectivity index (χ1n) is 8.73. The highest BCUT2D eigenvalue weighted by molar-refractivity contribution is 7.09. The fraction of sp³-hybridized carbons (Fsp3) is 0.368. The molecule has 1 fully saturated rings. The number of nitrogens with zero attached hydrogens (tertiary/aromatic N) is 1. The van der Waals surface area contributed by atoms with E-state index in [9.17, 15) is 9.59 Å². The molecule has 0 radical (unpaired) electrons. The van der Waals surface area contributed by atoms with Crippen molar-refractivity contribution in [1.29, 1.82) is 0 Å². The Morgan fingerprint density at radius 2 is 2.08 bits per heavy atom. The number of carbonyl (C=O) groups is 2. The lowest BCUT2D eigenvalue weighted by Gasteiger charge is -2.17. The van der Waals surface area contributed by atoms with Crippen molar-refractivity contribution in [2.24, 2.45) is 5.92 Å². The van der Waals surface area contributed by atoms with Gasteiger partial charge in [0.2, 0.25) is 5.91 Å². The van der Waals surface area contributed by atoms with Crippen LogP contribution in [0.3, 0.4) is 0 Å². The van der Waals surface area contributed by atoms with Gasteiger partial charge in [-0.25, -0.2) is 4.79 Å². The summed E-state index contributed by atoms with van der Waals surface area (Å²) in [4.78, 5) is 27.1. The number of carbonyl (C=O) groups excluding carboxylic acids is 2. The zero-order valence-electron chi connectivity index (χ0n) is 14.7. The van der Waals surface area contributed by atoms with Gasteiger partial charge in [-0.05, 0) is 42.6 Å². The van der Waals surface area contributed by atoms with Gasteiger partial charge in [-0.1, -0.05) is 6.07 Å². The quantitative estimate of drug-likeness (QED) is 0.784. The molecule has 0 aliphatic carbocycles. The van der Waals surface area contributed by atoms with Crippen molar-refractivity contribution in [3.8, 4) is 5.75 Å². The van der Waals surface area contributed by atoms with Crippen molar-refractivity contribution >= 4 is 29.0 Å². The Hall–Kier alpha value is -2.54. The van der Waals surface area contributed by atoms with E-state index in [4.69, 9.17) is 4.74 Å². The summed E-state index contributed by atoms with van der Waals surface area (Å²) in [5.41, 5.74) is 0.864. The monoisotopic (exact) mass is 373 g/mol. The molecule has 26 heavy (non-hydrogen) atoms. The number of benzene rings is 1. The van der Waals surface area contributed by atoms with Crippen LogP contribution in [0.5, 0.6) is 5.75 Å². The molecule has 138 valence electrons. The van der Waals surface area contributed by atoms with Crippen molar-refractivity contribution < 1.29 is 14.3 Å². The summed E-state index contributed by atoms with van der Waals surface area (Å²) in [5.74, 6) is 0.991. The summed E-state index contributed by atoms with van der Waals surface area (Å²) in [7, 11) is 0. The normalized spacial score (nSPS) is 16.6. The Labute approximate surface area is 157 Å². The summed E-state index contributed by atoms with van der Waals surface area (Å²) in [6, 6.07) is 11.3. The molecular weight excluding hydrogens is 350 g/mol. The number of hydrogen-bond acceptors (Lipinski definition) is 4. The van der Waals surface area contributed by atoms with Crippen molar-refractivity contribution in [3.05, 3.63) is 46.7 Å². The van der Waals surface area contributed by atoms with Crippen molar-refractivity contribution in [2.75, 3.05) is 24.6 Å². The zero-order chi connectivity index (χ0) is 18.4. The Balaban J connectivity index is 1.45. The van der Waals surface area contributed by atoms with Crippen LogP contribution in [0, 0.1) is 5.92 Å². The van der Waals surface area contributed by atoms with Gasteiger partial charge in [-0.15, -0.1) is 11.3 Å². The van der Waals surface area contributed by atoms with Gasteiger partial charge in [-0.2, -0.15) is 0 Å². The topological polar surface area (TPSA) is 70.7 Å². The predicted octanol–water partition coefficient (Wildman–Crippen LogP) is 3.00. The Morgan fingerprint density at radius 1 is 1.27 bits per heavy atom. The average Bonchev–Trinajstić information content (AvgIpc) is 3.29. The van der Waals surface area contributed by atoms with Gasteiger partial charge < -0.3 is 20.3 Å². The summed E-state index contributed by atoms with van der Waals surface area (Å²) in [6.45, 7) is 4.16. The van der Waals surface area contributed by atoms with Crippen LogP contribution in [0.2, 0.25) is 0 Å². The summed E-state index contributed by atoms with van der Waals surface area (Å²) >= 11 is 1.61. The first-order chi connectivity index (χ1) is 12.7. The van der Waals surface area contributed by atoms with Crippen molar-refractivity contribution in [1.82, 2.24) is 10.6 Å². The zero-order valence-corrected chi connectivity index (χ0v) is 15.6. The molecule has 1 unspecified atom stereocenters. The predicted molar refractivity (Wildman–Crippen MR) is 103 cm³/mol. The van der Waals surface area contributed by atoms with E-state index in [-0.39, 0.29) is 17.9 Å². The van der Waals surface area contributed by atoms with Crippen LogP contribution < -0.4 is 20.3 Å². The van der Waals surface area contributed by atoms with Crippen LogP contribution in [0.25, 0.3) is 0 Å². The van der Waals surface area contributed by atoms with Gasteiger partial charge in [-0.3, -0.25) is 4.79 Å². The van der Waals surface area contributed by atoms with Gasteiger partial charge in [0.15, 0.2) is 0 Å². The Morgan fingerprint density at radius 3 is 2.77 bits per heavy atom. The highest BCUT2D eigenvalue weighted by atomic mass is 32.1. The number of thiophene rings is 1. The molecule has 2 N–H and O–H groups in total. The molecule has 0 spiro atoms. The minimum Gasteiger partial charge on any atom is -0.494 e. The number of urea groups is 1. The first-order valence-corrected chi connectivity index (χ1v) is 9.61. The molecule has 0 bridgehead atoms. The molecule has 1 saturated heterocycles. The van der Waals surface area contributed by atoms with Crippen LogP contribution in [0.15, 0.2) is 41.8 Å². The maximum atomic E-state index is 12.3. The third kappa shape index (κ3) is 4.76. The molecule has 2 heterocycles. The van der Waals surface area contributed by atoms with Crippen LogP contribution >= 0.6 is 11.3 Å². The van der Waals surface area contributed by atoms with Crippen LogP contribution in [-0.4, -0.2) is 31.6 Å². The maximum absolute atomic E-state index is 12.3.